The molecule has 1 saturated heterocycles. The van der Waals surface area contributed by atoms with Crippen molar-refractivity contribution in [2.45, 2.75) is 18.4 Å². The maximum atomic E-state index is 10.4. The lowest BCUT2D eigenvalue weighted by atomic mass is 9.94. The topological polar surface area (TPSA) is 65.7 Å². The van der Waals surface area contributed by atoms with Crippen LogP contribution in [-0.2, 0) is 4.74 Å². The number of rotatable bonds is 6. The molecule has 21 heavy (non-hydrogen) atoms. The third-order valence-corrected chi connectivity index (χ3v) is 3.71. The van der Waals surface area contributed by atoms with Gasteiger partial charge in [0.05, 0.1) is 17.2 Å². The van der Waals surface area contributed by atoms with Crippen molar-refractivity contribution < 1.29 is 14.6 Å². The molecule has 0 aromatic heterocycles. The van der Waals surface area contributed by atoms with Crippen molar-refractivity contribution in [3.05, 3.63) is 29.8 Å². The molecule has 0 saturated carbocycles. The van der Waals surface area contributed by atoms with Crippen LogP contribution in [0.25, 0.3) is 0 Å². The van der Waals surface area contributed by atoms with Gasteiger partial charge in [-0.1, -0.05) is 0 Å². The van der Waals surface area contributed by atoms with Gasteiger partial charge in [-0.25, -0.2) is 0 Å². The van der Waals surface area contributed by atoms with Crippen molar-refractivity contribution in [3.63, 3.8) is 0 Å². The largest absolute Gasteiger partial charge is 0.492 e. The number of benzene rings is 1. The van der Waals surface area contributed by atoms with E-state index in [1.54, 1.807) is 24.3 Å². The van der Waals surface area contributed by atoms with Crippen LogP contribution in [0.15, 0.2) is 24.3 Å². The average molecular weight is 290 g/mol. The summed E-state index contributed by atoms with van der Waals surface area (Å²) in [6.07, 6.45) is 1.38. The highest BCUT2D eigenvalue weighted by Gasteiger charge is 2.30. The Kier molecular flexibility index (Phi) is 5.57. The molecule has 5 nitrogen and oxygen atoms in total. The number of hydrogen-bond donors (Lipinski definition) is 1. The van der Waals surface area contributed by atoms with E-state index in [-0.39, 0.29) is 0 Å². The summed E-state index contributed by atoms with van der Waals surface area (Å²) in [6.45, 7) is 3.18. The monoisotopic (exact) mass is 290 g/mol. The second-order valence-electron chi connectivity index (χ2n) is 5.56. The molecule has 0 spiro atoms. The zero-order valence-electron chi connectivity index (χ0n) is 12.4. The molecule has 2 rings (SSSR count). The SMILES string of the molecule is CN(CCOc1ccc(C#N)cc1)CC1(O)CCOCC1. The molecule has 5 heteroatoms. The van der Waals surface area contributed by atoms with Gasteiger partial charge in [0, 0.05) is 39.1 Å². The van der Waals surface area contributed by atoms with Crippen LogP contribution in [-0.4, -0.2) is 55.6 Å². The lowest BCUT2D eigenvalue weighted by molar-refractivity contribution is -0.0775. The number of hydrogen-bond acceptors (Lipinski definition) is 5. The average Bonchev–Trinajstić information content (AvgIpc) is 2.48. The molecule has 0 radical (unpaired) electrons. The normalized spacial score (nSPS) is 17.4. The number of likely N-dealkylation sites (N-methyl/N-ethyl adjacent to an activating group) is 1. The summed E-state index contributed by atoms with van der Waals surface area (Å²) in [5, 5.41) is 19.1. The fourth-order valence-corrected chi connectivity index (χ4v) is 2.44. The fourth-order valence-electron chi connectivity index (χ4n) is 2.44. The molecule has 1 N–H and O–H groups in total. The maximum Gasteiger partial charge on any atom is 0.119 e. The van der Waals surface area contributed by atoms with Gasteiger partial charge in [-0.2, -0.15) is 5.26 Å². The van der Waals surface area contributed by atoms with E-state index < -0.39 is 5.60 Å². The van der Waals surface area contributed by atoms with Gasteiger partial charge >= 0.3 is 0 Å². The molecule has 1 aromatic carbocycles. The summed E-state index contributed by atoms with van der Waals surface area (Å²) >= 11 is 0. The standard InChI is InChI=1S/C16H22N2O3/c1-18(13-16(19)6-9-20-10-7-16)8-11-21-15-4-2-14(12-17)3-5-15/h2-5,19H,6-11,13H2,1H3. The molecule has 1 aliphatic heterocycles. The van der Waals surface area contributed by atoms with Crippen molar-refractivity contribution in [3.8, 4) is 11.8 Å². The van der Waals surface area contributed by atoms with Crippen molar-refractivity contribution >= 4 is 0 Å². The third-order valence-electron chi connectivity index (χ3n) is 3.71. The predicted molar refractivity (Wildman–Crippen MR) is 79.2 cm³/mol. The number of nitriles is 1. The van der Waals surface area contributed by atoms with Gasteiger partial charge in [-0.15, -0.1) is 0 Å². The molecule has 1 heterocycles. The fraction of sp³-hybridized carbons (Fsp3) is 0.562. The highest BCUT2D eigenvalue weighted by molar-refractivity contribution is 5.34. The molecule has 0 bridgehead atoms. The Morgan fingerprint density at radius 2 is 2.00 bits per heavy atom. The van der Waals surface area contributed by atoms with Crippen molar-refractivity contribution in [1.82, 2.24) is 4.90 Å². The minimum Gasteiger partial charge on any atom is -0.492 e. The Labute approximate surface area is 125 Å². The van der Waals surface area contributed by atoms with Gasteiger partial charge in [0.15, 0.2) is 0 Å². The highest BCUT2D eigenvalue weighted by atomic mass is 16.5. The molecular formula is C16H22N2O3. The quantitative estimate of drug-likeness (QED) is 0.858. The van der Waals surface area contributed by atoms with Gasteiger partial charge in [-0.3, -0.25) is 0 Å². The van der Waals surface area contributed by atoms with E-state index in [9.17, 15) is 5.11 Å². The summed E-state index contributed by atoms with van der Waals surface area (Å²) in [4.78, 5) is 2.08. The lowest BCUT2D eigenvalue weighted by Crippen LogP contribution is -2.46. The minimum absolute atomic E-state index is 0.551. The van der Waals surface area contributed by atoms with Crippen LogP contribution in [0.3, 0.4) is 0 Å². The number of nitrogens with zero attached hydrogens (tertiary/aromatic N) is 2. The van der Waals surface area contributed by atoms with Crippen molar-refractivity contribution in [2.24, 2.45) is 0 Å². The first-order chi connectivity index (χ1) is 10.1. The summed E-state index contributed by atoms with van der Waals surface area (Å²) in [6, 6.07) is 9.15. The minimum atomic E-state index is -0.637. The maximum absolute atomic E-state index is 10.4. The Morgan fingerprint density at radius 1 is 1.33 bits per heavy atom. The zero-order chi connectivity index (χ0) is 15.1. The molecule has 0 aliphatic carbocycles. The van der Waals surface area contributed by atoms with Gasteiger partial charge in [0.2, 0.25) is 0 Å². The van der Waals surface area contributed by atoms with Gasteiger partial charge in [-0.05, 0) is 31.3 Å². The first-order valence-electron chi connectivity index (χ1n) is 7.23. The molecule has 0 atom stereocenters. The Hall–Kier alpha value is -1.61. The van der Waals surface area contributed by atoms with Crippen LogP contribution in [0.1, 0.15) is 18.4 Å². The smallest absolute Gasteiger partial charge is 0.119 e. The van der Waals surface area contributed by atoms with Crippen LogP contribution in [0.5, 0.6) is 5.75 Å². The molecule has 0 amide bonds. The van der Waals surface area contributed by atoms with E-state index in [0.29, 0.717) is 44.8 Å². The zero-order valence-corrected chi connectivity index (χ0v) is 12.4. The number of aliphatic hydroxyl groups is 1. The summed E-state index contributed by atoms with van der Waals surface area (Å²) in [5.74, 6) is 0.757. The van der Waals surface area contributed by atoms with Crippen molar-refractivity contribution in [1.29, 1.82) is 5.26 Å². The van der Waals surface area contributed by atoms with Gasteiger partial charge in [0.1, 0.15) is 12.4 Å². The first kappa shape index (κ1) is 15.8. The van der Waals surface area contributed by atoms with Crippen molar-refractivity contribution in [2.75, 3.05) is 40.0 Å². The summed E-state index contributed by atoms with van der Waals surface area (Å²) in [5.41, 5.74) is -0.0113. The lowest BCUT2D eigenvalue weighted by Gasteiger charge is -2.35. The number of ether oxygens (including phenoxy) is 2. The van der Waals surface area contributed by atoms with Crippen LogP contribution < -0.4 is 4.74 Å². The van der Waals surface area contributed by atoms with E-state index in [0.717, 1.165) is 12.3 Å². The van der Waals surface area contributed by atoms with Crippen LogP contribution in [0, 0.1) is 11.3 Å². The van der Waals surface area contributed by atoms with E-state index in [1.807, 2.05) is 7.05 Å². The molecule has 0 unspecified atom stereocenters. The predicted octanol–water partition coefficient (Wildman–Crippen LogP) is 1.41. The van der Waals surface area contributed by atoms with Crippen LogP contribution in [0.2, 0.25) is 0 Å². The second kappa shape index (κ2) is 7.41. The molecule has 1 aromatic rings. The summed E-state index contributed by atoms with van der Waals surface area (Å²) in [7, 11) is 1.98. The van der Waals surface area contributed by atoms with Gasteiger partial charge < -0.3 is 19.5 Å². The molecule has 1 fully saturated rings. The molecule has 1 aliphatic rings. The highest BCUT2D eigenvalue weighted by Crippen LogP contribution is 2.21. The van der Waals surface area contributed by atoms with Gasteiger partial charge in [0.25, 0.3) is 0 Å². The second-order valence-corrected chi connectivity index (χ2v) is 5.56. The third kappa shape index (κ3) is 5.01. The van der Waals surface area contributed by atoms with E-state index in [4.69, 9.17) is 14.7 Å². The molecule has 114 valence electrons. The first-order valence-corrected chi connectivity index (χ1v) is 7.23. The van der Waals surface area contributed by atoms with Crippen LogP contribution in [0.4, 0.5) is 0 Å². The Bertz CT molecular complexity index is 475. The van der Waals surface area contributed by atoms with E-state index >= 15 is 0 Å². The molecular weight excluding hydrogens is 268 g/mol. The van der Waals surface area contributed by atoms with E-state index in [1.165, 1.54) is 0 Å². The summed E-state index contributed by atoms with van der Waals surface area (Å²) < 4.78 is 10.9. The Morgan fingerprint density at radius 3 is 2.62 bits per heavy atom. The Balaban J connectivity index is 1.71. The van der Waals surface area contributed by atoms with Crippen LogP contribution >= 0.6 is 0 Å². The van der Waals surface area contributed by atoms with E-state index in [2.05, 4.69) is 11.0 Å².